The second-order valence-electron chi connectivity index (χ2n) is 8.90. The van der Waals surface area contributed by atoms with Crippen LogP contribution in [0.25, 0.3) is 0 Å². The fraction of sp³-hybridized carbons (Fsp3) is 0.520. The van der Waals surface area contributed by atoms with E-state index in [1.807, 2.05) is 0 Å². The molecular weight excluding hydrogens is 476 g/mol. The first-order chi connectivity index (χ1) is 17.3. The Morgan fingerprint density at radius 3 is 2.36 bits per heavy atom. The zero-order valence-corrected chi connectivity index (χ0v) is 19.7. The van der Waals surface area contributed by atoms with Gasteiger partial charge in [-0.15, -0.1) is 0 Å². The van der Waals surface area contributed by atoms with E-state index >= 15 is 0 Å². The van der Waals surface area contributed by atoms with Gasteiger partial charge in [0, 0.05) is 12.2 Å². The van der Waals surface area contributed by atoms with Gasteiger partial charge in [0.05, 0.1) is 26.2 Å². The summed E-state index contributed by atoms with van der Waals surface area (Å²) in [5.41, 5.74) is 1.93. The molecule has 11 heteroatoms. The zero-order chi connectivity index (χ0) is 26.0. The van der Waals surface area contributed by atoms with Gasteiger partial charge in [-0.25, -0.2) is 0 Å². The van der Waals surface area contributed by atoms with Gasteiger partial charge in [0.25, 0.3) is 0 Å². The lowest BCUT2D eigenvalue weighted by Gasteiger charge is -2.39. The Hall–Kier alpha value is -2.64. The summed E-state index contributed by atoms with van der Waals surface area (Å²) in [5, 5.41) is 69.6. The van der Waals surface area contributed by atoms with Gasteiger partial charge >= 0.3 is 0 Å². The summed E-state index contributed by atoms with van der Waals surface area (Å²) in [6, 6.07) is 8.17. The number of aryl methyl sites for hydroxylation is 1. The van der Waals surface area contributed by atoms with Crippen LogP contribution in [0, 0.1) is 0 Å². The maximum absolute atomic E-state index is 10.4. The van der Waals surface area contributed by atoms with Crippen LogP contribution in [0.1, 0.15) is 35.1 Å². The summed E-state index contributed by atoms with van der Waals surface area (Å²) in [6.07, 6.45) is -7.03. The molecule has 1 unspecified atom stereocenters. The lowest BCUT2D eigenvalue weighted by atomic mass is 9.90. The highest BCUT2D eigenvalue weighted by Crippen LogP contribution is 2.49. The van der Waals surface area contributed by atoms with Crippen molar-refractivity contribution >= 4 is 0 Å². The molecule has 0 aromatic heterocycles. The van der Waals surface area contributed by atoms with E-state index in [0.717, 1.165) is 0 Å². The zero-order valence-electron chi connectivity index (χ0n) is 19.7. The number of rotatable bonds is 9. The van der Waals surface area contributed by atoms with E-state index in [9.17, 15) is 35.7 Å². The van der Waals surface area contributed by atoms with Crippen molar-refractivity contribution in [3.63, 3.8) is 0 Å². The van der Waals surface area contributed by atoms with Gasteiger partial charge < -0.3 is 54.7 Å². The first kappa shape index (κ1) is 26.4. The normalized spacial score (nSPS) is 29.5. The van der Waals surface area contributed by atoms with Crippen molar-refractivity contribution < 1.29 is 54.7 Å². The molecular formula is C25H32O11. The molecule has 2 aromatic carbocycles. The number of methoxy groups -OCH3 is 1. The van der Waals surface area contributed by atoms with Gasteiger partial charge in [-0.3, -0.25) is 0 Å². The Bertz CT molecular complexity index is 1040. The molecule has 0 aliphatic carbocycles. The Labute approximate surface area is 207 Å². The van der Waals surface area contributed by atoms with Gasteiger partial charge in [-0.1, -0.05) is 6.07 Å². The number of aliphatic hydroxyl groups is 6. The highest BCUT2D eigenvalue weighted by atomic mass is 16.7. The maximum atomic E-state index is 10.4. The second kappa shape index (κ2) is 11.2. The summed E-state index contributed by atoms with van der Waals surface area (Å²) in [6.45, 7) is -0.937. The third-order valence-electron chi connectivity index (χ3n) is 6.64. The van der Waals surface area contributed by atoms with Crippen molar-refractivity contribution in [3.05, 3.63) is 47.0 Å². The van der Waals surface area contributed by atoms with Crippen LogP contribution in [0.2, 0.25) is 0 Å². The minimum absolute atomic E-state index is 0.0289. The predicted molar refractivity (Wildman–Crippen MR) is 124 cm³/mol. The van der Waals surface area contributed by atoms with Gasteiger partial charge in [0.15, 0.2) is 11.5 Å². The van der Waals surface area contributed by atoms with E-state index in [2.05, 4.69) is 0 Å². The Balaban J connectivity index is 1.68. The van der Waals surface area contributed by atoms with E-state index in [4.69, 9.17) is 18.9 Å². The molecule has 36 heavy (non-hydrogen) atoms. The van der Waals surface area contributed by atoms with E-state index in [0.29, 0.717) is 35.3 Å². The van der Waals surface area contributed by atoms with E-state index in [1.165, 1.54) is 13.2 Å². The maximum Gasteiger partial charge on any atom is 0.229 e. The van der Waals surface area contributed by atoms with E-state index < -0.39 is 49.3 Å². The molecule has 1 fully saturated rings. The van der Waals surface area contributed by atoms with Crippen LogP contribution in [0.5, 0.6) is 23.0 Å². The number of phenols is 1. The van der Waals surface area contributed by atoms with Gasteiger partial charge in [0.2, 0.25) is 6.29 Å². The van der Waals surface area contributed by atoms with E-state index in [1.54, 1.807) is 24.3 Å². The fourth-order valence-electron chi connectivity index (χ4n) is 4.62. The monoisotopic (exact) mass is 508 g/mol. The quantitative estimate of drug-likeness (QED) is 0.237. The molecule has 2 aromatic rings. The summed E-state index contributed by atoms with van der Waals surface area (Å²) in [5.74, 6) is 0.508. The van der Waals surface area contributed by atoms with Gasteiger partial charge in [0.1, 0.15) is 42.0 Å². The number of aromatic hydroxyl groups is 1. The van der Waals surface area contributed by atoms with Crippen LogP contribution in [0.3, 0.4) is 0 Å². The number of aliphatic hydroxyl groups excluding tert-OH is 6. The predicted octanol–water partition coefficient (Wildman–Crippen LogP) is -0.286. The third kappa shape index (κ3) is 4.96. The molecule has 11 nitrogen and oxygen atoms in total. The summed E-state index contributed by atoms with van der Waals surface area (Å²) >= 11 is 0. The minimum atomic E-state index is -1.60. The molecule has 4 rings (SSSR count). The molecule has 198 valence electrons. The molecule has 7 atom stereocenters. The number of phenolic OH excluding ortho intramolecular Hbond substituents is 1. The molecule has 0 spiro atoms. The van der Waals surface area contributed by atoms with Crippen LogP contribution in [0.15, 0.2) is 30.3 Å². The molecule has 0 amide bonds. The third-order valence-corrected chi connectivity index (χ3v) is 6.64. The fourth-order valence-corrected chi connectivity index (χ4v) is 4.62. The van der Waals surface area contributed by atoms with Crippen molar-refractivity contribution in [2.24, 2.45) is 0 Å². The van der Waals surface area contributed by atoms with Crippen LogP contribution >= 0.6 is 0 Å². The molecule has 0 bridgehead atoms. The SMILES string of the molecule is COc1cc(C2Oc3cc(CCCO)c(O[C@@H]4O[C@H](CO)[C@@H](O)[C@H](O)[C@H]4O)cc3[C@@H]2CO)ccc1O. The number of benzene rings is 2. The number of hydrogen-bond acceptors (Lipinski definition) is 11. The second-order valence-corrected chi connectivity index (χ2v) is 8.90. The Morgan fingerprint density at radius 2 is 1.69 bits per heavy atom. The highest BCUT2D eigenvalue weighted by Gasteiger charge is 2.45. The Kier molecular flexibility index (Phi) is 8.20. The molecule has 7 N–H and O–H groups in total. The Morgan fingerprint density at radius 1 is 0.917 bits per heavy atom. The summed E-state index contributed by atoms with van der Waals surface area (Å²) in [7, 11) is 1.43. The first-order valence-electron chi connectivity index (χ1n) is 11.7. The standard InChI is InChI=1S/C25H32O11/c1-33-19-8-13(4-5-16(19)29)24-15(10-27)14-9-17(12(3-2-6-26)7-18(14)34-24)35-25-23(32)22(31)21(30)20(11-28)36-25/h4-5,7-9,15,20-32H,2-3,6,10-11H2,1H3/t15-,20+,21+,22-,23+,24?,25+/m0/s1. The first-order valence-corrected chi connectivity index (χ1v) is 11.7. The van der Waals surface area contributed by atoms with Crippen LogP contribution < -0.4 is 14.2 Å². The molecule has 0 radical (unpaired) electrons. The molecule has 2 heterocycles. The smallest absolute Gasteiger partial charge is 0.229 e. The van der Waals surface area contributed by atoms with Crippen molar-refractivity contribution in [1.82, 2.24) is 0 Å². The largest absolute Gasteiger partial charge is 0.504 e. The summed E-state index contributed by atoms with van der Waals surface area (Å²) in [4.78, 5) is 0. The van der Waals surface area contributed by atoms with Crippen molar-refractivity contribution in [2.45, 2.75) is 55.6 Å². The summed E-state index contributed by atoms with van der Waals surface area (Å²) < 4.78 is 22.8. The van der Waals surface area contributed by atoms with Crippen LogP contribution in [0.4, 0.5) is 0 Å². The number of fused-ring (bicyclic) bond motifs is 1. The van der Waals surface area contributed by atoms with Crippen molar-refractivity contribution in [3.8, 4) is 23.0 Å². The van der Waals surface area contributed by atoms with Crippen LogP contribution in [-0.2, 0) is 11.2 Å². The van der Waals surface area contributed by atoms with Gasteiger partial charge in [-0.05, 0) is 48.2 Å². The number of ether oxygens (including phenoxy) is 4. The molecule has 0 saturated carbocycles. The highest BCUT2D eigenvalue weighted by molar-refractivity contribution is 5.53. The topological polar surface area (TPSA) is 179 Å². The van der Waals surface area contributed by atoms with Crippen molar-refractivity contribution in [1.29, 1.82) is 0 Å². The lowest BCUT2D eigenvalue weighted by molar-refractivity contribution is -0.277. The minimum Gasteiger partial charge on any atom is -0.504 e. The average molecular weight is 509 g/mol. The number of hydrogen-bond donors (Lipinski definition) is 7. The molecule has 2 aliphatic heterocycles. The van der Waals surface area contributed by atoms with E-state index in [-0.39, 0.29) is 30.5 Å². The average Bonchev–Trinajstić information content (AvgIpc) is 3.25. The molecule has 1 saturated heterocycles. The van der Waals surface area contributed by atoms with Crippen LogP contribution in [-0.4, -0.2) is 93.4 Å². The van der Waals surface area contributed by atoms with Gasteiger partial charge in [-0.2, -0.15) is 0 Å². The molecule has 2 aliphatic rings. The van der Waals surface area contributed by atoms with Crippen molar-refractivity contribution in [2.75, 3.05) is 26.9 Å². The lowest BCUT2D eigenvalue weighted by Crippen LogP contribution is -2.60.